The molecule has 41 heteroatoms. The fraction of sp³-hybridized carbons (Fsp3) is 0.375. The van der Waals surface area contributed by atoms with Gasteiger partial charge in [-0.2, -0.15) is 0 Å². The number of imide groups is 1. The second-order valence-electron chi connectivity index (χ2n) is 31.5. The highest BCUT2D eigenvalue weighted by atomic mass is 16.7. The Bertz CT molecular complexity index is 6090. The lowest BCUT2D eigenvalue weighted by Gasteiger charge is -2.38. The normalized spacial score (nSPS) is 19.1. The van der Waals surface area contributed by atoms with Gasteiger partial charge in [-0.15, -0.1) is 0 Å². The van der Waals surface area contributed by atoms with Crippen molar-refractivity contribution in [1.29, 1.82) is 0 Å². The number of hydrogen-bond acceptors (Lipinski definition) is 30. The van der Waals surface area contributed by atoms with Crippen molar-refractivity contribution in [3.05, 3.63) is 179 Å². The fourth-order valence-electron chi connectivity index (χ4n) is 16.4. The summed E-state index contributed by atoms with van der Waals surface area (Å²) < 4.78 is 41.8. The second kappa shape index (κ2) is 38.0. The van der Waals surface area contributed by atoms with Gasteiger partial charge in [-0.25, -0.2) is 29.1 Å². The maximum Gasteiger partial charge on any atom is 0.514 e. The van der Waals surface area contributed by atoms with Crippen molar-refractivity contribution < 1.29 is 126 Å². The SMILES string of the molecule is CCc1c2c(nc3ccc(OCNC(=O)OCc4ccc(O[C@@H]5C[C@H](C(=O)O)[C@@H](O)[C@H](O)[C@H]5O)c(NC(=O)CN(C)C(=O)CCNC(=O)CN(CCN5C(=O)C=CC5=O)CC(=O)NCC(=O)NCC(=O)Nc5ccc(COC(=O)Oc6ccc7nc8c(c(CC)c7c6)Cn6c-8cc7c(c6=O)COC(=O)[C@]7(O)CC)cc5)c4)cc13)-c1cc3c(c(=O)n1C2)COC(=O)[C@]3(O)CC. The zero-order chi connectivity index (χ0) is 92.2. The number of fused-ring (bicyclic) bond motifs is 10. The van der Waals surface area contributed by atoms with Gasteiger partial charge in [-0.05, 0) is 121 Å². The number of aliphatic carboxylic acids is 1. The smallest absolute Gasteiger partial charge is 0.485 e. The molecule has 0 unspecified atom stereocenters. The van der Waals surface area contributed by atoms with Gasteiger partial charge in [0.15, 0.2) is 17.9 Å². The number of pyridine rings is 4. The summed E-state index contributed by atoms with van der Waals surface area (Å²) in [5.41, 5.74) is 3.13. The maximum atomic E-state index is 13.9. The molecule has 129 heavy (non-hydrogen) atoms. The van der Waals surface area contributed by atoms with Crippen LogP contribution < -0.4 is 57.2 Å². The van der Waals surface area contributed by atoms with E-state index in [1.165, 1.54) is 48.3 Å². The predicted octanol–water partition coefficient (Wildman–Crippen LogP) is 1.51. The van der Waals surface area contributed by atoms with Crippen LogP contribution in [0.25, 0.3) is 44.6 Å². The quantitative estimate of drug-likeness (QED) is 0.00912. The first-order valence-electron chi connectivity index (χ1n) is 41.4. The van der Waals surface area contributed by atoms with Crippen LogP contribution in [0.3, 0.4) is 0 Å². The number of rotatable bonds is 33. The van der Waals surface area contributed by atoms with Crippen LogP contribution in [-0.4, -0.2) is 232 Å². The molecule has 9 amide bonds. The monoisotopic (exact) mass is 1780 g/mol. The second-order valence-corrected chi connectivity index (χ2v) is 31.5. The number of aryl methyl sites for hydroxylation is 2. The van der Waals surface area contributed by atoms with Crippen molar-refractivity contribution >= 4 is 111 Å². The Morgan fingerprint density at radius 1 is 0.581 bits per heavy atom. The van der Waals surface area contributed by atoms with Crippen molar-refractivity contribution in [3.8, 4) is 40.0 Å². The molecule has 676 valence electrons. The molecule has 8 aromatic rings. The van der Waals surface area contributed by atoms with Crippen molar-refractivity contribution in [3.63, 3.8) is 0 Å². The Morgan fingerprint density at radius 3 is 1.71 bits per heavy atom. The van der Waals surface area contributed by atoms with E-state index in [-0.39, 0.29) is 117 Å². The number of aromatic nitrogens is 4. The molecular weight excluding hydrogens is 1690 g/mol. The van der Waals surface area contributed by atoms with E-state index in [4.69, 9.17) is 43.1 Å². The largest absolute Gasteiger partial charge is 0.514 e. The van der Waals surface area contributed by atoms with Crippen LogP contribution in [-0.2, 0) is 135 Å². The van der Waals surface area contributed by atoms with Gasteiger partial charge < -0.3 is 104 Å². The molecule has 0 radical (unpaired) electrons. The number of hydrogen-bond donors (Lipinski definition) is 12. The minimum absolute atomic E-state index is 0.00628. The lowest BCUT2D eigenvalue weighted by atomic mass is 9.80. The summed E-state index contributed by atoms with van der Waals surface area (Å²) in [6, 6.07) is 23.4. The first-order chi connectivity index (χ1) is 61.7. The molecule has 0 spiro atoms. The Labute approximate surface area is 732 Å². The molecule has 12 N–H and O–H groups in total. The maximum absolute atomic E-state index is 13.9. The minimum Gasteiger partial charge on any atom is -0.485 e. The van der Waals surface area contributed by atoms with Gasteiger partial charge in [0.05, 0.1) is 108 Å². The molecule has 4 aromatic carbocycles. The van der Waals surface area contributed by atoms with Crippen LogP contribution in [0.4, 0.5) is 21.0 Å². The lowest BCUT2D eigenvalue weighted by molar-refractivity contribution is -0.174. The van der Waals surface area contributed by atoms with E-state index in [2.05, 4.69) is 31.9 Å². The number of ether oxygens (including phenoxy) is 7. The highest BCUT2D eigenvalue weighted by Crippen LogP contribution is 2.44. The van der Waals surface area contributed by atoms with E-state index in [0.29, 0.717) is 74.4 Å². The Kier molecular flexibility index (Phi) is 26.8. The van der Waals surface area contributed by atoms with Crippen LogP contribution in [0.1, 0.15) is 109 Å². The Morgan fingerprint density at radius 2 is 1.13 bits per heavy atom. The molecule has 4 aromatic heterocycles. The summed E-state index contributed by atoms with van der Waals surface area (Å²) in [5, 5.41) is 80.9. The number of esters is 2. The average Bonchev–Trinajstić information content (AvgIpc) is 1.59. The van der Waals surface area contributed by atoms with Gasteiger partial charge in [-0.1, -0.05) is 45.9 Å². The number of carbonyl (C=O) groups is 13. The molecule has 9 heterocycles. The number of alkyl carbamates (subject to hydrolysis) is 1. The number of benzene rings is 4. The summed E-state index contributed by atoms with van der Waals surface area (Å²) >= 11 is 0. The summed E-state index contributed by atoms with van der Waals surface area (Å²) in [7, 11) is 1.27. The van der Waals surface area contributed by atoms with Crippen LogP contribution in [0.2, 0.25) is 0 Å². The molecule has 1 saturated carbocycles. The number of anilines is 2. The number of nitrogens with one attached hydrogen (secondary N) is 6. The third-order valence-electron chi connectivity index (χ3n) is 23.4. The topological polar surface area (TPSA) is 560 Å². The zero-order valence-corrected chi connectivity index (χ0v) is 70.3. The molecule has 6 aliphatic rings. The highest BCUT2D eigenvalue weighted by molar-refractivity contribution is 6.13. The standard InChI is InChI=1S/C88H91N13O28/c1-6-49-51-27-47(15-17-60(51)95-75-54(49)34-100-63(75)30-58-56(80(100)113)41-123-83(117)87(58,121)8-3)127-43-92-85(119)125-40-45-12-19-65(129-66-29-53(82(115)116)77(110)79(112)78(66)111)62(26-45)94-71(106)36-97(5)72(107)22-23-89-69(104)37-98(24-25-99-73(108)20-21-74(99)109)38-70(105)91-32-67(102)90-33-68(103)93-46-13-10-44(11-14-46)39-126-86(120)128-48-16-18-61-52(28-48)50(7-2)55-35-101-64(76(55)96-61)31-59-57(81(101)114)42-124-84(118)88(59,122)9-4/h10-21,26-28,30-31,53,66,77-79,110-112,121-122H,6-9,22-25,29,32-43H2,1-5H3,(H,89,104)(H,90,102)(H,91,105)(H,92,119)(H,93,103)(H,94,106)(H,115,116)/t53-,66+,77+,78-,79-,87-,88-/m0/s1. The molecule has 5 aliphatic heterocycles. The number of aliphatic hydroxyl groups is 5. The predicted molar refractivity (Wildman–Crippen MR) is 449 cm³/mol. The Hall–Kier alpha value is -14.4. The van der Waals surface area contributed by atoms with Gasteiger partial charge in [0.1, 0.15) is 62.0 Å². The first-order valence-corrected chi connectivity index (χ1v) is 41.4. The van der Waals surface area contributed by atoms with Crippen LogP contribution in [0, 0.1) is 5.92 Å². The Balaban J connectivity index is 0.523. The van der Waals surface area contributed by atoms with E-state index in [1.54, 1.807) is 77.6 Å². The third kappa shape index (κ3) is 19.0. The molecule has 1 fully saturated rings. The summed E-state index contributed by atoms with van der Waals surface area (Å²) in [5.74, 6) is -10.2. The van der Waals surface area contributed by atoms with Gasteiger partial charge in [0.2, 0.25) is 35.4 Å². The minimum atomic E-state index is -2.00. The first kappa shape index (κ1) is 90.8. The zero-order valence-electron chi connectivity index (χ0n) is 70.3. The number of cyclic esters (lactones) is 2. The van der Waals surface area contributed by atoms with Crippen molar-refractivity contribution in [2.45, 2.75) is 141 Å². The molecule has 41 nitrogen and oxygen atoms in total. The number of carboxylic acids is 1. The van der Waals surface area contributed by atoms with Gasteiger partial charge in [0.25, 0.3) is 22.9 Å². The van der Waals surface area contributed by atoms with E-state index < -0.39 is 183 Å². The fourth-order valence-corrected chi connectivity index (χ4v) is 16.4. The summed E-state index contributed by atoms with van der Waals surface area (Å²) in [6.45, 7) is 2.14. The van der Waals surface area contributed by atoms with Gasteiger partial charge in [0, 0.05) is 90.4 Å². The molecule has 1 aliphatic carbocycles. The van der Waals surface area contributed by atoms with Crippen LogP contribution >= 0.6 is 0 Å². The molecule has 7 atom stereocenters. The van der Waals surface area contributed by atoms with E-state index in [1.807, 2.05) is 13.8 Å². The number of carboxylic acid groups (broad SMARTS) is 1. The number of amides is 9. The molecule has 14 rings (SSSR count). The number of carbonyl (C=O) groups excluding carboxylic acids is 12. The van der Waals surface area contributed by atoms with Crippen LogP contribution in [0.5, 0.6) is 17.2 Å². The van der Waals surface area contributed by atoms with E-state index in [9.17, 15) is 103 Å². The lowest BCUT2D eigenvalue weighted by Crippen LogP contribution is -2.57. The number of aliphatic hydroxyl groups excluding tert-OH is 3. The van der Waals surface area contributed by atoms with Crippen molar-refractivity contribution in [2.75, 3.05) is 76.8 Å². The summed E-state index contributed by atoms with van der Waals surface area (Å²) in [4.78, 5) is 209. The van der Waals surface area contributed by atoms with E-state index in [0.717, 1.165) is 44.2 Å². The molecular formula is C88H91N13O28. The van der Waals surface area contributed by atoms with Crippen molar-refractivity contribution in [2.24, 2.45) is 5.92 Å². The average molecular weight is 1780 g/mol. The molecule has 0 bridgehead atoms. The third-order valence-corrected chi connectivity index (χ3v) is 23.4. The van der Waals surface area contributed by atoms with Gasteiger partial charge in [-0.3, -0.25) is 67.9 Å². The van der Waals surface area contributed by atoms with E-state index >= 15 is 0 Å². The molecule has 0 saturated heterocycles. The van der Waals surface area contributed by atoms with Crippen molar-refractivity contribution in [1.82, 2.24) is 55.1 Å². The summed E-state index contributed by atoms with van der Waals surface area (Å²) in [6.07, 6.45) is -6.89. The number of nitrogens with zero attached hydrogens (tertiary/aromatic N) is 7. The van der Waals surface area contributed by atoms with Crippen LogP contribution in [0.15, 0.2) is 113 Å². The van der Waals surface area contributed by atoms with Gasteiger partial charge >= 0.3 is 30.2 Å². The number of likely N-dealkylation sites (N-methyl/N-ethyl adjacent to an activating group) is 1. The highest BCUT2D eigenvalue weighted by Gasteiger charge is 2.50.